The first-order chi connectivity index (χ1) is 7.59. The van der Waals surface area contributed by atoms with Crippen molar-refractivity contribution in [3.8, 4) is 0 Å². The Labute approximate surface area is 127 Å². The van der Waals surface area contributed by atoms with E-state index in [-0.39, 0.29) is 5.38 Å². The van der Waals surface area contributed by atoms with Crippen molar-refractivity contribution in [2.75, 3.05) is 0 Å². The van der Waals surface area contributed by atoms with Gasteiger partial charge in [-0.05, 0) is 40.3 Å². The highest BCUT2D eigenvalue weighted by Crippen LogP contribution is 2.41. The quantitative estimate of drug-likeness (QED) is 0.427. The number of rotatable bonds is 2. The molecule has 0 saturated heterocycles. The average molecular weight is 403 g/mol. The highest BCUT2D eigenvalue weighted by molar-refractivity contribution is 14.1. The van der Waals surface area contributed by atoms with Crippen LogP contribution in [-0.4, -0.2) is 0 Å². The summed E-state index contributed by atoms with van der Waals surface area (Å²) in [6.07, 6.45) is 0. The van der Waals surface area contributed by atoms with Crippen LogP contribution in [0.3, 0.4) is 0 Å². The maximum atomic E-state index is 6.41. The third-order valence-corrected chi connectivity index (χ3v) is 5.10. The zero-order valence-corrected chi connectivity index (χ0v) is 13.1. The molecule has 0 aliphatic heterocycles. The van der Waals surface area contributed by atoms with Gasteiger partial charge >= 0.3 is 0 Å². The summed E-state index contributed by atoms with van der Waals surface area (Å²) < 4.78 is 2.44. The van der Waals surface area contributed by atoms with Crippen LogP contribution < -0.4 is 0 Å². The van der Waals surface area contributed by atoms with Gasteiger partial charge in [-0.15, -0.1) is 22.9 Å². The fourth-order valence-electron chi connectivity index (χ4n) is 1.37. The molecule has 5 heteroatoms. The smallest absolute Gasteiger partial charge is 0.0994 e. The summed E-state index contributed by atoms with van der Waals surface area (Å²) in [4.78, 5) is 0. The summed E-state index contributed by atoms with van der Waals surface area (Å²) in [6.45, 7) is 0. The van der Waals surface area contributed by atoms with Gasteiger partial charge in [0.05, 0.1) is 14.0 Å². The Bertz CT molecular complexity index is 510. The van der Waals surface area contributed by atoms with Gasteiger partial charge in [0.15, 0.2) is 0 Å². The molecule has 1 aromatic carbocycles. The predicted octanol–water partition coefficient (Wildman–Crippen LogP) is 5.99. The van der Waals surface area contributed by atoms with Gasteiger partial charge in [0.2, 0.25) is 0 Å². The van der Waals surface area contributed by atoms with Gasteiger partial charge in [-0.25, -0.2) is 0 Å². The molecule has 1 atom stereocenters. The number of alkyl halides is 1. The van der Waals surface area contributed by atoms with E-state index in [0.29, 0.717) is 8.67 Å². The van der Waals surface area contributed by atoms with Crippen molar-refractivity contribution in [2.24, 2.45) is 0 Å². The second kappa shape index (κ2) is 5.44. The maximum Gasteiger partial charge on any atom is 0.0994 e. The summed E-state index contributed by atoms with van der Waals surface area (Å²) in [5.74, 6) is 0. The minimum atomic E-state index is -0.246. The number of halogens is 4. The van der Waals surface area contributed by atoms with Gasteiger partial charge < -0.3 is 0 Å². The molecule has 0 spiro atoms. The largest absolute Gasteiger partial charge is 0.112 e. The molecule has 0 bridgehead atoms. The van der Waals surface area contributed by atoms with Gasteiger partial charge in [-0.3, -0.25) is 0 Å². The zero-order valence-electron chi connectivity index (χ0n) is 7.88. The Morgan fingerprint density at radius 2 is 1.81 bits per heavy atom. The van der Waals surface area contributed by atoms with E-state index in [0.717, 1.165) is 14.7 Å². The van der Waals surface area contributed by atoms with Crippen molar-refractivity contribution < 1.29 is 0 Å². The Kier molecular flexibility index (Phi) is 4.41. The van der Waals surface area contributed by atoms with Crippen molar-refractivity contribution in [3.05, 3.63) is 53.7 Å². The molecular weight excluding hydrogens is 397 g/mol. The van der Waals surface area contributed by atoms with Crippen LogP contribution in [0, 0.1) is 3.57 Å². The molecule has 2 aromatic rings. The number of hydrogen-bond acceptors (Lipinski definition) is 1. The molecule has 16 heavy (non-hydrogen) atoms. The SMILES string of the molecule is Clc1cc(C(Cl)c2ccccc2I)c(Cl)s1. The molecule has 1 heterocycles. The van der Waals surface area contributed by atoms with Crippen molar-refractivity contribution >= 4 is 68.7 Å². The zero-order chi connectivity index (χ0) is 11.7. The van der Waals surface area contributed by atoms with E-state index >= 15 is 0 Å². The Morgan fingerprint density at radius 3 is 2.38 bits per heavy atom. The minimum Gasteiger partial charge on any atom is -0.112 e. The monoisotopic (exact) mass is 402 g/mol. The van der Waals surface area contributed by atoms with Crippen molar-refractivity contribution in [3.63, 3.8) is 0 Å². The van der Waals surface area contributed by atoms with Crippen LogP contribution >= 0.6 is 68.7 Å². The molecule has 0 aliphatic rings. The molecule has 1 unspecified atom stereocenters. The molecule has 0 fully saturated rings. The van der Waals surface area contributed by atoms with E-state index < -0.39 is 0 Å². The van der Waals surface area contributed by atoms with Crippen LogP contribution in [-0.2, 0) is 0 Å². The standard InChI is InChI=1S/C11H6Cl3IS/c12-9-5-7(11(14)16-9)10(13)6-3-1-2-4-8(6)15/h1-5,10H. The Balaban J connectivity index is 2.43. The third-order valence-electron chi connectivity index (χ3n) is 2.13. The van der Waals surface area contributed by atoms with Crippen LogP contribution in [0.15, 0.2) is 30.3 Å². The van der Waals surface area contributed by atoms with Crippen molar-refractivity contribution in [2.45, 2.75) is 5.38 Å². The summed E-state index contributed by atoms with van der Waals surface area (Å²) in [5, 5.41) is -0.246. The molecule has 0 saturated carbocycles. The predicted molar refractivity (Wildman–Crippen MR) is 81.2 cm³/mol. The highest BCUT2D eigenvalue weighted by atomic mass is 127. The van der Waals surface area contributed by atoms with Gasteiger partial charge in [-0.1, -0.05) is 41.4 Å². The lowest BCUT2D eigenvalue weighted by atomic mass is 10.1. The molecule has 0 aliphatic carbocycles. The van der Waals surface area contributed by atoms with Gasteiger partial charge in [0.25, 0.3) is 0 Å². The van der Waals surface area contributed by atoms with E-state index in [9.17, 15) is 0 Å². The van der Waals surface area contributed by atoms with E-state index in [1.165, 1.54) is 11.3 Å². The van der Waals surface area contributed by atoms with Crippen molar-refractivity contribution in [1.29, 1.82) is 0 Å². The minimum absolute atomic E-state index is 0.246. The molecule has 0 amide bonds. The first kappa shape index (κ1) is 13.0. The molecule has 84 valence electrons. The first-order valence-electron chi connectivity index (χ1n) is 4.43. The fourth-order valence-corrected chi connectivity index (χ4v) is 4.27. The Morgan fingerprint density at radius 1 is 1.12 bits per heavy atom. The van der Waals surface area contributed by atoms with Crippen LogP contribution in [0.5, 0.6) is 0 Å². The summed E-state index contributed by atoms with van der Waals surface area (Å²) in [7, 11) is 0. The summed E-state index contributed by atoms with van der Waals surface area (Å²) >= 11 is 22.0. The normalized spacial score (nSPS) is 12.8. The number of thiophene rings is 1. The fraction of sp³-hybridized carbons (Fsp3) is 0.0909. The van der Waals surface area contributed by atoms with Crippen LogP contribution in [0.25, 0.3) is 0 Å². The second-order valence-corrected chi connectivity index (χ2v) is 7.05. The average Bonchev–Trinajstić information content (AvgIpc) is 2.58. The maximum absolute atomic E-state index is 6.41. The molecule has 1 aromatic heterocycles. The number of benzene rings is 1. The summed E-state index contributed by atoms with van der Waals surface area (Å²) in [5.41, 5.74) is 1.93. The number of hydrogen-bond donors (Lipinski definition) is 0. The van der Waals surface area contributed by atoms with Crippen LogP contribution in [0.2, 0.25) is 8.67 Å². The van der Waals surface area contributed by atoms with E-state index in [2.05, 4.69) is 22.6 Å². The molecular formula is C11H6Cl3IS. The van der Waals surface area contributed by atoms with Gasteiger partial charge in [-0.2, -0.15) is 0 Å². The van der Waals surface area contributed by atoms with E-state index in [4.69, 9.17) is 34.8 Å². The summed E-state index contributed by atoms with van der Waals surface area (Å²) in [6, 6.07) is 9.80. The van der Waals surface area contributed by atoms with Crippen LogP contribution in [0.4, 0.5) is 0 Å². The highest BCUT2D eigenvalue weighted by Gasteiger charge is 2.18. The third kappa shape index (κ3) is 2.67. The van der Waals surface area contributed by atoms with Crippen molar-refractivity contribution in [1.82, 2.24) is 0 Å². The first-order valence-corrected chi connectivity index (χ1v) is 7.51. The molecule has 0 N–H and O–H groups in total. The molecule has 0 radical (unpaired) electrons. The molecule has 0 nitrogen and oxygen atoms in total. The second-order valence-electron chi connectivity index (χ2n) is 3.16. The Hall–Kier alpha value is 0.520. The van der Waals surface area contributed by atoms with E-state index in [1.54, 1.807) is 0 Å². The lowest BCUT2D eigenvalue weighted by Crippen LogP contribution is -1.94. The topological polar surface area (TPSA) is 0 Å². The lowest BCUT2D eigenvalue weighted by Gasteiger charge is -2.10. The van der Waals surface area contributed by atoms with Crippen LogP contribution in [0.1, 0.15) is 16.5 Å². The lowest BCUT2D eigenvalue weighted by molar-refractivity contribution is 1.14. The van der Waals surface area contributed by atoms with E-state index in [1.807, 2.05) is 30.3 Å². The van der Waals surface area contributed by atoms with Gasteiger partial charge in [0.1, 0.15) is 0 Å². The van der Waals surface area contributed by atoms with Gasteiger partial charge in [0, 0.05) is 9.13 Å². The molecule has 2 rings (SSSR count).